The minimum absolute atomic E-state index is 0.135. The number of fused-ring (bicyclic) bond motifs is 1. The summed E-state index contributed by atoms with van der Waals surface area (Å²) in [4.78, 5) is 24.5. The molecule has 11 nitrogen and oxygen atoms in total. The van der Waals surface area contributed by atoms with Crippen LogP contribution in [0.2, 0.25) is 0 Å². The highest BCUT2D eigenvalue weighted by Gasteiger charge is 2.38. The van der Waals surface area contributed by atoms with Crippen molar-refractivity contribution >= 4 is 33.4 Å². The minimum atomic E-state index is -3.44. The number of amides is 1. The second-order valence-electron chi connectivity index (χ2n) is 11.2. The van der Waals surface area contributed by atoms with E-state index in [0.29, 0.717) is 35.2 Å². The first-order valence-electron chi connectivity index (χ1n) is 14.1. The summed E-state index contributed by atoms with van der Waals surface area (Å²) in [5, 5.41) is 9.86. The number of hydrogen-bond acceptors (Lipinski definition) is 9. The van der Waals surface area contributed by atoms with Crippen molar-refractivity contribution in [3.63, 3.8) is 0 Å². The van der Waals surface area contributed by atoms with Crippen LogP contribution in [0.25, 0.3) is 0 Å². The van der Waals surface area contributed by atoms with Crippen molar-refractivity contribution < 1.29 is 17.9 Å². The number of anilines is 3. The van der Waals surface area contributed by atoms with Gasteiger partial charge in [0.05, 0.1) is 31.1 Å². The third-order valence-corrected chi connectivity index (χ3v) is 9.44. The van der Waals surface area contributed by atoms with Crippen molar-refractivity contribution in [1.82, 2.24) is 24.5 Å². The number of carbonyl (C=O) groups is 1. The summed E-state index contributed by atoms with van der Waals surface area (Å²) < 4.78 is 32.0. The maximum absolute atomic E-state index is 13.1. The van der Waals surface area contributed by atoms with Gasteiger partial charge in [-0.25, -0.2) is 13.4 Å². The molecule has 0 unspecified atom stereocenters. The molecule has 1 aromatic heterocycles. The number of aromatic nitrogens is 2. The van der Waals surface area contributed by atoms with Gasteiger partial charge in [-0.2, -0.15) is 9.29 Å². The standard InChI is InChI=1S/C30H39N7O4S/c1-19-18-31-30(34-24-17-21(10-11-26(24)41-4)29(38)32-22-12-14-36(2)15-13-22)35-28(19)33-25-16-20-8-6-7-9-23(20)27(25)37(3)42(5,39)40/h6-11,17-18,22,25,27H,12-16H2,1-5H3,(H,32,38)(H2,31,33,34,35)/t25-,27-/m1/s1. The van der Waals surface area contributed by atoms with E-state index in [1.165, 1.54) is 10.6 Å². The first-order chi connectivity index (χ1) is 20.0. The third kappa shape index (κ3) is 6.50. The van der Waals surface area contributed by atoms with Crippen molar-refractivity contribution in [3.8, 4) is 5.75 Å². The Morgan fingerprint density at radius 3 is 2.60 bits per heavy atom. The van der Waals surface area contributed by atoms with E-state index in [9.17, 15) is 13.2 Å². The fourth-order valence-corrected chi connectivity index (χ4v) is 6.35. The maximum atomic E-state index is 13.1. The van der Waals surface area contributed by atoms with Gasteiger partial charge in [-0.05, 0) is 75.6 Å². The Morgan fingerprint density at radius 2 is 1.88 bits per heavy atom. The van der Waals surface area contributed by atoms with E-state index < -0.39 is 10.0 Å². The molecule has 0 saturated carbocycles. The van der Waals surface area contributed by atoms with Crippen LogP contribution in [-0.4, -0.2) is 86.1 Å². The summed E-state index contributed by atoms with van der Waals surface area (Å²) in [6.45, 7) is 3.82. The van der Waals surface area contributed by atoms with Crippen LogP contribution < -0.4 is 20.7 Å². The Labute approximate surface area is 247 Å². The molecule has 224 valence electrons. The van der Waals surface area contributed by atoms with Crippen LogP contribution >= 0.6 is 0 Å². The van der Waals surface area contributed by atoms with Crippen LogP contribution in [0, 0.1) is 6.92 Å². The van der Waals surface area contributed by atoms with Crippen LogP contribution in [0.4, 0.5) is 17.5 Å². The minimum Gasteiger partial charge on any atom is -0.495 e. The molecule has 1 amide bonds. The van der Waals surface area contributed by atoms with Crippen molar-refractivity contribution in [2.75, 3.05) is 51.2 Å². The van der Waals surface area contributed by atoms with E-state index in [1.54, 1.807) is 38.6 Å². The molecule has 0 spiro atoms. The lowest BCUT2D eigenvalue weighted by Crippen LogP contribution is -2.43. The molecule has 3 N–H and O–H groups in total. The number of nitrogens with zero attached hydrogens (tertiary/aromatic N) is 4. The van der Waals surface area contributed by atoms with Gasteiger partial charge in [-0.1, -0.05) is 24.3 Å². The quantitative estimate of drug-likeness (QED) is 0.342. The number of hydrogen-bond donors (Lipinski definition) is 3. The molecular formula is C30H39N7O4S. The number of ether oxygens (including phenoxy) is 1. The second-order valence-corrected chi connectivity index (χ2v) is 13.2. The van der Waals surface area contributed by atoms with E-state index in [2.05, 4.69) is 32.9 Å². The molecule has 2 aliphatic rings. The highest BCUT2D eigenvalue weighted by atomic mass is 32.2. The lowest BCUT2D eigenvalue weighted by Gasteiger charge is -2.30. The highest BCUT2D eigenvalue weighted by molar-refractivity contribution is 7.88. The lowest BCUT2D eigenvalue weighted by molar-refractivity contribution is 0.0917. The molecule has 0 bridgehead atoms. The zero-order valence-corrected chi connectivity index (χ0v) is 25.5. The Morgan fingerprint density at radius 1 is 1.14 bits per heavy atom. The van der Waals surface area contributed by atoms with Gasteiger partial charge in [-0.15, -0.1) is 0 Å². The van der Waals surface area contributed by atoms with Gasteiger partial charge in [0.1, 0.15) is 11.6 Å². The first kappa shape index (κ1) is 29.7. The van der Waals surface area contributed by atoms with Crippen molar-refractivity contribution in [2.24, 2.45) is 0 Å². The Kier molecular flexibility index (Phi) is 8.67. The molecule has 2 heterocycles. The number of sulfonamides is 1. The Hall–Kier alpha value is -3.74. The summed E-state index contributed by atoms with van der Waals surface area (Å²) in [5.41, 5.74) is 3.97. The van der Waals surface area contributed by atoms with Crippen molar-refractivity contribution in [2.45, 2.75) is 44.3 Å². The highest BCUT2D eigenvalue weighted by Crippen LogP contribution is 2.38. The molecule has 42 heavy (non-hydrogen) atoms. The fourth-order valence-electron chi connectivity index (χ4n) is 5.67. The molecule has 0 radical (unpaired) electrons. The molecule has 2 atom stereocenters. The second kappa shape index (κ2) is 12.2. The molecule has 5 rings (SSSR count). The van der Waals surface area contributed by atoms with Crippen LogP contribution in [0.15, 0.2) is 48.7 Å². The van der Waals surface area contributed by atoms with E-state index >= 15 is 0 Å². The number of likely N-dealkylation sites (tertiary alicyclic amines) is 1. The summed E-state index contributed by atoms with van der Waals surface area (Å²) in [6, 6.07) is 12.7. The van der Waals surface area contributed by atoms with Gasteiger partial charge in [0.15, 0.2) is 0 Å². The van der Waals surface area contributed by atoms with Crippen LogP contribution in [0.1, 0.15) is 45.9 Å². The number of carbonyl (C=O) groups excluding carboxylic acids is 1. The number of rotatable bonds is 9. The lowest BCUT2D eigenvalue weighted by atomic mass is 10.0. The zero-order chi connectivity index (χ0) is 30.0. The molecular weight excluding hydrogens is 554 g/mol. The number of likely N-dealkylation sites (N-methyl/N-ethyl adjacent to an activating group) is 1. The average Bonchev–Trinajstić information content (AvgIpc) is 3.32. The summed E-state index contributed by atoms with van der Waals surface area (Å²) in [5.74, 6) is 1.32. The largest absolute Gasteiger partial charge is 0.495 e. The normalized spacial score (nSPS) is 19.4. The van der Waals surface area contributed by atoms with E-state index in [1.807, 2.05) is 31.2 Å². The van der Waals surface area contributed by atoms with E-state index in [0.717, 1.165) is 42.6 Å². The maximum Gasteiger partial charge on any atom is 0.251 e. The molecule has 3 aromatic rings. The molecule has 1 aliphatic heterocycles. The smallest absolute Gasteiger partial charge is 0.251 e. The number of piperidine rings is 1. The van der Waals surface area contributed by atoms with Crippen molar-refractivity contribution in [1.29, 1.82) is 0 Å². The number of nitrogens with one attached hydrogen (secondary N) is 3. The monoisotopic (exact) mass is 593 g/mol. The van der Waals surface area contributed by atoms with E-state index in [4.69, 9.17) is 9.72 Å². The van der Waals surface area contributed by atoms with Gasteiger partial charge in [0.25, 0.3) is 5.91 Å². The van der Waals surface area contributed by atoms with Gasteiger partial charge in [-0.3, -0.25) is 4.79 Å². The van der Waals surface area contributed by atoms with Gasteiger partial charge in [0, 0.05) is 30.4 Å². The predicted octanol–water partition coefficient (Wildman–Crippen LogP) is 3.33. The topological polar surface area (TPSA) is 129 Å². The Bertz CT molecular complexity index is 1560. The molecule has 1 fully saturated rings. The predicted molar refractivity (Wildman–Crippen MR) is 164 cm³/mol. The third-order valence-electron chi connectivity index (χ3n) is 8.17. The van der Waals surface area contributed by atoms with Crippen LogP contribution in [0.5, 0.6) is 5.75 Å². The fraction of sp³-hybridized carbons (Fsp3) is 0.433. The average molecular weight is 594 g/mol. The number of benzene rings is 2. The first-order valence-corrected chi connectivity index (χ1v) is 15.9. The summed E-state index contributed by atoms with van der Waals surface area (Å²) in [6.07, 6.45) is 5.42. The van der Waals surface area contributed by atoms with Gasteiger partial charge < -0.3 is 25.6 Å². The van der Waals surface area contributed by atoms with Crippen LogP contribution in [0.3, 0.4) is 0 Å². The zero-order valence-electron chi connectivity index (χ0n) is 24.7. The molecule has 1 saturated heterocycles. The molecule has 2 aromatic carbocycles. The molecule has 12 heteroatoms. The van der Waals surface area contributed by atoms with Gasteiger partial charge >= 0.3 is 0 Å². The van der Waals surface area contributed by atoms with Crippen molar-refractivity contribution in [3.05, 3.63) is 70.9 Å². The Balaban J connectivity index is 1.36. The van der Waals surface area contributed by atoms with Gasteiger partial charge in [0.2, 0.25) is 16.0 Å². The number of aryl methyl sites for hydroxylation is 1. The van der Waals surface area contributed by atoms with E-state index in [-0.39, 0.29) is 24.0 Å². The van der Waals surface area contributed by atoms with Crippen LogP contribution in [-0.2, 0) is 16.4 Å². The molecule has 1 aliphatic carbocycles. The summed E-state index contributed by atoms with van der Waals surface area (Å²) >= 11 is 0. The number of methoxy groups -OCH3 is 1. The SMILES string of the molecule is COc1ccc(C(=O)NC2CCN(C)CC2)cc1Nc1ncc(C)c(N[C@@H]2Cc3ccccc3[C@H]2N(C)S(C)(=O)=O)n1. The summed E-state index contributed by atoms with van der Waals surface area (Å²) in [7, 11) is 1.82.